The summed E-state index contributed by atoms with van der Waals surface area (Å²) >= 11 is 0. The Morgan fingerprint density at radius 3 is 2.48 bits per heavy atom. The van der Waals surface area contributed by atoms with Crippen LogP contribution < -0.4 is 19.6 Å². The summed E-state index contributed by atoms with van der Waals surface area (Å²) < 4.78 is 57.4. The molecule has 0 fully saturated rings. The van der Waals surface area contributed by atoms with Crippen molar-refractivity contribution in [3.8, 4) is 28.4 Å². The van der Waals surface area contributed by atoms with Crippen LogP contribution in [0.1, 0.15) is 32.0 Å². The number of H-pyrrole nitrogens is 1. The summed E-state index contributed by atoms with van der Waals surface area (Å²) in [4.78, 5) is 28.7. The first-order valence-corrected chi connectivity index (χ1v) is 12.6. The van der Waals surface area contributed by atoms with Crippen molar-refractivity contribution < 1.29 is 37.0 Å². The Bertz CT molecular complexity index is 1850. The zero-order valence-electron chi connectivity index (χ0n) is 21.6. The highest BCUT2D eigenvalue weighted by Crippen LogP contribution is 2.39. The van der Waals surface area contributed by atoms with Gasteiger partial charge in [-0.05, 0) is 42.0 Å². The van der Waals surface area contributed by atoms with E-state index in [9.17, 15) is 22.8 Å². The number of para-hydroxylation sites is 2. The predicted molar refractivity (Wildman–Crippen MR) is 148 cm³/mol. The standard InChI is InChI=1S/C31H20F3N3O5/c32-31(33,34)22-11-6-10-21-26(18-7-2-1-3-8-18)28(36-27(21)22)29(38)37-35-16-20-9-4-5-12-23(20)42-30(39)19-13-14-24-25(15-19)41-17-40-24/h1-16,36H,17H2,(H,37,38). The SMILES string of the molecule is O=C(Oc1ccccc1C=NNC(=O)c1[nH]c2c(C(F)(F)F)cccc2c1-c1ccccc1)c1ccc2c(c1)OCO2. The van der Waals surface area contributed by atoms with Crippen LogP contribution in [0.2, 0.25) is 0 Å². The van der Waals surface area contributed by atoms with Gasteiger partial charge in [-0.25, -0.2) is 10.2 Å². The normalized spacial score (nSPS) is 12.5. The Hall–Kier alpha value is -5.58. The van der Waals surface area contributed by atoms with E-state index >= 15 is 0 Å². The number of hydrazone groups is 1. The Balaban J connectivity index is 1.26. The van der Waals surface area contributed by atoms with Crippen molar-refractivity contribution in [1.29, 1.82) is 0 Å². The van der Waals surface area contributed by atoms with Gasteiger partial charge in [-0.15, -0.1) is 0 Å². The van der Waals surface area contributed by atoms with Crippen LogP contribution in [-0.2, 0) is 6.18 Å². The van der Waals surface area contributed by atoms with Crippen molar-refractivity contribution in [3.63, 3.8) is 0 Å². The van der Waals surface area contributed by atoms with Gasteiger partial charge < -0.3 is 19.2 Å². The third-order valence-electron chi connectivity index (χ3n) is 6.53. The molecule has 1 aliphatic heterocycles. The molecule has 0 unspecified atom stereocenters. The number of fused-ring (bicyclic) bond motifs is 2. The number of nitrogens with one attached hydrogen (secondary N) is 2. The van der Waals surface area contributed by atoms with Gasteiger partial charge in [-0.3, -0.25) is 4.79 Å². The molecule has 5 aromatic rings. The van der Waals surface area contributed by atoms with Crippen molar-refractivity contribution in [1.82, 2.24) is 10.4 Å². The highest BCUT2D eigenvalue weighted by molar-refractivity contribution is 6.10. The number of amides is 1. The van der Waals surface area contributed by atoms with Gasteiger partial charge in [0.25, 0.3) is 5.91 Å². The molecule has 42 heavy (non-hydrogen) atoms. The molecule has 11 heteroatoms. The van der Waals surface area contributed by atoms with Crippen molar-refractivity contribution in [2.45, 2.75) is 6.18 Å². The molecule has 1 amide bonds. The molecule has 210 valence electrons. The van der Waals surface area contributed by atoms with Crippen LogP contribution in [0.5, 0.6) is 17.2 Å². The second-order valence-corrected chi connectivity index (χ2v) is 9.16. The smallest absolute Gasteiger partial charge is 0.418 e. The first kappa shape index (κ1) is 26.6. The number of aromatic nitrogens is 1. The number of ether oxygens (including phenoxy) is 3. The quantitative estimate of drug-likeness (QED) is 0.104. The van der Waals surface area contributed by atoms with E-state index in [-0.39, 0.29) is 34.7 Å². The number of benzene rings is 4. The number of carbonyl (C=O) groups is 2. The summed E-state index contributed by atoms with van der Waals surface area (Å²) in [7, 11) is 0. The fourth-order valence-electron chi connectivity index (χ4n) is 4.61. The molecule has 0 spiro atoms. The zero-order valence-corrected chi connectivity index (χ0v) is 21.6. The Morgan fingerprint density at radius 2 is 1.67 bits per heavy atom. The monoisotopic (exact) mass is 571 g/mol. The first-order chi connectivity index (χ1) is 20.3. The van der Waals surface area contributed by atoms with Crippen LogP contribution in [0.25, 0.3) is 22.0 Å². The lowest BCUT2D eigenvalue weighted by Crippen LogP contribution is -2.19. The summed E-state index contributed by atoms with van der Waals surface area (Å²) in [5, 5.41) is 4.23. The van der Waals surface area contributed by atoms with Gasteiger partial charge in [0.15, 0.2) is 11.5 Å². The van der Waals surface area contributed by atoms with E-state index in [2.05, 4.69) is 15.5 Å². The molecule has 1 aromatic heterocycles. The molecule has 6 rings (SSSR count). The Kier molecular flexibility index (Phi) is 6.83. The molecule has 0 aliphatic carbocycles. The van der Waals surface area contributed by atoms with Gasteiger partial charge in [-0.1, -0.05) is 54.6 Å². The molecule has 0 saturated heterocycles. The van der Waals surface area contributed by atoms with Gasteiger partial charge in [0.05, 0.1) is 22.9 Å². The molecule has 4 aromatic carbocycles. The summed E-state index contributed by atoms with van der Waals surface area (Å²) in [5.74, 6) is -0.289. The lowest BCUT2D eigenvalue weighted by Gasteiger charge is -2.08. The van der Waals surface area contributed by atoms with Crippen LogP contribution in [-0.4, -0.2) is 29.9 Å². The second kappa shape index (κ2) is 10.8. The number of rotatable bonds is 6. The molecule has 8 nitrogen and oxygen atoms in total. The predicted octanol–water partition coefficient (Wildman–Crippen LogP) is 6.57. The van der Waals surface area contributed by atoms with Crippen LogP contribution in [0.4, 0.5) is 13.2 Å². The van der Waals surface area contributed by atoms with E-state index in [1.54, 1.807) is 66.7 Å². The van der Waals surface area contributed by atoms with E-state index in [1.807, 2.05) is 0 Å². The molecule has 1 aliphatic rings. The molecular formula is C31H20F3N3O5. The average Bonchev–Trinajstić information content (AvgIpc) is 3.62. The summed E-state index contributed by atoms with van der Waals surface area (Å²) in [5.41, 5.74) is 2.64. The van der Waals surface area contributed by atoms with Crippen LogP contribution in [0.3, 0.4) is 0 Å². The maximum Gasteiger partial charge on any atom is 0.418 e. The largest absolute Gasteiger partial charge is 0.454 e. The lowest BCUT2D eigenvalue weighted by molar-refractivity contribution is -0.136. The molecule has 0 radical (unpaired) electrons. The third-order valence-corrected chi connectivity index (χ3v) is 6.53. The minimum atomic E-state index is -4.63. The van der Waals surface area contributed by atoms with Crippen molar-refractivity contribution >= 4 is 29.0 Å². The van der Waals surface area contributed by atoms with E-state index in [1.165, 1.54) is 24.4 Å². The number of alkyl halides is 3. The number of hydrogen-bond acceptors (Lipinski definition) is 6. The Labute approximate surface area is 236 Å². The summed E-state index contributed by atoms with van der Waals surface area (Å²) in [6.07, 6.45) is -3.36. The highest BCUT2D eigenvalue weighted by Gasteiger charge is 2.34. The summed E-state index contributed by atoms with van der Waals surface area (Å²) in [6.45, 7) is 0.0632. The number of halogens is 3. The number of carbonyl (C=O) groups excluding carboxylic acids is 2. The average molecular weight is 572 g/mol. The lowest BCUT2D eigenvalue weighted by atomic mass is 10.0. The van der Waals surface area contributed by atoms with Gasteiger partial charge in [0.2, 0.25) is 6.79 Å². The summed E-state index contributed by atoms with van der Waals surface area (Å²) in [6, 6.07) is 23.6. The number of hydrogen-bond donors (Lipinski definition) is 2. The topological polar surface area (TPSA) is 102 Å². The van der Waals surface area contributed by atoms with Gasteiger partial charge >= 0.3 is 12.1 Å². The van der Waals surface area contributed by atoms with E-state index in [4.69, 9.17) is 14.2 Å². The zero-order chi connectivity index (χ0) is 29.3. The fourth-order valence-corrected chi connectivity index (χ4v) is 4.61. The fraction of sp³-hybridized carbons (Fsp3) is 0.0645. The van der Waals surface area contributed by atoms with Crippen LogP contribution in [0, 0.1) is 0 Å². The second-order valence-electron chi connectivity index (χ2n) is 9.16. The van der Waals surface area contributed by atoms with Crippen molar-refractivity contribution in [2.75, 3.05) is 6.79 Å². The number of esters is 1. The third kappa shape index (κ3) is 5.15. The highest BCUT2D eigenvalue weighted by atomic mass is 19.4. The molecule has 0 saturated carbocycles. The number of nitrogens with zero attached hydrogens (tertiary/aromatic N) is 1. The molecular weight excluding hydrogens is 551 g/mol. The van der Waals surface area contributed by atoms with Gasteiger partial charge in [0.1, 0.15) is 11.4 Å². The minimum absolute atomic E-state index is 0.0632. The maximum atomic E-state index is 13.8. The van der Waals surface area contributed by atoms with Crippen LogP contribution in [0.15, 0.2) is 96.1 Å². The maximum absolute atomic E-state index is 13.8. The first-order valence-electron chi connectivity index (χ1n) is 12.6. The molecule has 2 heterocycles. The molecule has 0 atom stereocenters. The number of aromatic amines is 1. The van der Waals surface area contributed by atoms with Crippen molar-refractivity contribution in [3.05, 3.63) is 113 Å². The van der Waals surface area contributed by atoms with Gasteiger partial charge in [-0.2, -0.15) is 18.3 Å². The molecule has 0 bridgehead atoms. The van der Waals surface area contributed by atoms with Crippen molar-refractivity contribution in [2.24, 2.45) is 5.10 Å². The van der Waals surface area contributed by atoms with E-state index < -0.39 is 23.6 Å². The van der Waals surface area contributed by atoms with E-state index in [0.717, 1.165) is 6.07 Å². The Morgan fingerprint density at radius 1 is 0.905 bits per heavy atom. The molecule has 2 N–H and O–H groups in total. The minimum Gasteiger partial charge on any atom is -0.454 e. The van der Waals surface area contributed by atoms with E-state index in [0.29, 0.717) is 28.2 Å². The van der Waals surface area contributed by atoms with Crippen LogP contribution >= 0.6 is 0 Å². The van der Waals surface area contributed by atoms with Gasteiger partial charge in [0, 0.05) is 16.5 Å².